The summed E-state index contributed by atoms with van der Waals surface area (Å²) in [6.07, 6.45) is 1.94. The van der Waals surface area contributed by atoms with Gasteiger partial charge >= 0.3 is 0 Å². The zero-order valence-electron chi connectivity index (χ0n) is 11.5. The van der Waals surface area contributed by atoms with E-state index in [2.05, 4.69) is 48.3 Å². The van der Waals surface area contributed by atoms with Crippen LogP contribution in [0.5, 0.6) is 0 Å². The number of furan rings is 1. The Hall–Kier alpha value is -2.06. The van der Waals surface area contributed by atoms with Crippen molar-refractivity contribution in [3.63, 3.8) is 0 Å². The Kier molecular flexibility index (Phi) is 2.64. The van der Waals surface area contributed by atoms with Gasteiger partial charge in [0.1, 0.15) is 5.58 Å². The molecule has 0 spiro atoms. The molecule has 3 aromatic rings. The van der Waals surface area contributed by atoms with E-state index in [-0.39, 0.29) is 0 Å². The lowest BCUT2D eigenvalue weighted by atomic mass is 9.85. The van der Waals surface area contributed by atoms with Gasteiger partial charge in [0, 0.05) is 30.0 Å². The van der Waals surface area contributed by atoms with Crippen molar-refractivity contribution in [1.82, 2.24) is 4.90 Å². The number of hydrogen-bond acceptors (Lipinski definition) is 2. The second kappa shape index (κ2) is 4.50. The quantitative estimate of drug-likeness (QED) is 0.659. The molecule has 2 aromatic carbocycles. The maximum absolute atomic E-state index is 5.73. The summed E-state index contributed by atoms with van der Waals surface area (Å²) in [5, 5.41) is 1.24. The van der Waals surface area contributed by atoms with E-state index in [9.17, 15) is 0 Å². The summed E-state index contributed by atoms with van der Waals surface area (Å²) in [6.45, 7) is 2.07. The molecule has 2 heterocycles. The third-order valence-electron chi connectivity index (χ3n) is 4.25. The van der Waals surface area contributed by atoms with Gasteiger partial charge in [-0.25, -0.2) is 0 Å². The van der Waals surface area contributed by atoms with Gasteiger partial charge in [0.2, 0.25) is 0 Å². The molecule has 0 bridgehead atoms. The van der Waals surface area contributed by atoms with Crippen LogP contribution in [-0.4, -0.2) is 18.5 Å². The number of nitrogens with zero attached hydrogens (tertiary/aromatic N) is 1. The third-order valence-corrected chi connectivity index (χ3v) is 4.25. The molecular formula is C18H17NO. The predicted octanol–water partition coefficient (Wildman–Crippen LogP) is 4.01. The first-order valence-corrected chi connectivity index (χ1v) is 7.05. The van der Waals surface area contributed by atoms with Gasteiger partial charge in [-0.1, -0.05) is 42.5 Å². The van der Waals surface area contributed by atoms with Crippen LogP contribution in [0.1, 0.15) is 22.6 Å². The van der Waals surface area contributed by atoms with Crippen molar-refractivity contribution in [2.75, 3.05) is 13.6 Å². The van der Waals surface area contributed by atoms with Crippen LogP contribution in [0.2, 0.25) is 0 Å². The Balaban J connectivity index is 1.90. The fourth-order valence-corrected chi connectivity index (χ4v) is 3.32. The zero-order valence-corrected chi connectivity index (χ0v) is 11.5. The number of para-hydroxylation sites is 1. The summed E-state index contributed by atoms with van der Waals surface area (Å²) in [7, 11) is 2.19. The number of likely N-dealkylation sites (N-methyl/N-ethyl adjacent to an activating group) is 1. The molecule has 1 atom stereocenters. The van der Waals surface area contributed by atoms with Gasteiger partial charge in [-0.3, -0.25) is 0 Å². The molecule has 0 radical (unpaired) electrons. The summed E-state index contributed by atoms with van der Waals surface area (Å²) in [4.78, 5) is 2.38. The van der Waals surface area contributed by atoms with Crippen molar-refractivity contribution in [2.45, 2.75) is 12.5 Å². The topological polar surface area (TPSA) is 16.4 Å². The Labute approximate surface area is 118 Å². The molecule has 2 nitrogen and oxygen atoms in total. The normalized spacial score (nSPS) is 19.1. The van der Waals surface area contributed by atoms with E-state index in [1.54, 1.807) is 0 Å². The Morgan fingerprint density at radius 3 is 2.75 bits per heavy atom. The summed E-state index contributed by atoms with van der Waals surface area (Å²) < 4.78 is 5.73. The third kappa shape index (κ3) is 1.76. The van der Waals surface area contributed by atoms with Crippen LogP contribution in [0.3, 0.4) is 0 Å². The van der Waals surface area contributed by atoms with Crippen molar-refractivity contribution in [2.24, 2.45) is 0 Å². The van der Waals surface area contributed by atoms with Gasteiger partial charge in [0.05, 0.1) is 6.26 Å². The molecular weight excluding hydrogens is 246 g/mol. The molecule has 1 aromatic heterocycles. The molecule has 1 aliphatic heterocycles. The van der Waals surface area contributed by atoms with Crippen LogP contribution >= 0.6 is 0 Å². The van der Waals surface area contributed by atoms with E-state index in [0.29, 0.717) is 5.92 Å². The molecule has 1 aliphatic rings. The highest BCUT2D eigenvalue weighted by atomic mass is 16.3. The lowest BCUT2D eigenvalue weighted by molar-refractivity contribution is 0.295. The molecule has 0 aliphatic carbocycles. The van der Waals surface area contributed by atoms with Gasteiger partial charge in [-0.15, -0.1) is 0 Å². The molecule has 0 saturated carbocycles. The van der Waals surface area contributed by atoms with Crippen LogP contribution in [0.4, 0.5) is 0 Å². The Morgan fingerprint density at radius 1 is 1.00 bits per heavy atom. The first kappa shape index (κ1) is 11.7. The van der Waals surface area contributed by atoms with Crippen molar-refractivity contribution < 1.29 is 4.42 Å². The fraction of sp³-hybridized carbons (Fsp3) is 0.222. The molecule has 2 heteroatoms. The first-order valence-electron chi connectivity index (χ1n) is 7.05. The maximum Gasteiger partial charge on any atom is 0.134 e. The zero-order chi connectivity index (χ0) is 13.5. The molecule has 0 amide bonds. The SMILES string of the molecule is CN1Cc2ccccc2C(c2coc3ccccc23)C1. The predicted molar refractivity (Wildman–Crippen MR) is 80.8 cm³/mol. The van der Waals surface area contributed by atoms with E-state index >= 15 is 0 Å². The molecule has 20 heavy (non-hydrogen) atoms. The van der Waals surface area contributed by atoms with E-state index in [0.717, 1.165) is 18.7 Å². The van der Waals surface area contributed by atoms with E-state index in [1.165, 1.54) is 22.1 Å². The molecule has 4 rings (SSSR count). The average molecular weight is 263 g/mol. The number of benzene rings is 2. The van der Waals surface area contributed by atoms with Crippen molar-refractivity contribution in [3.8, 4) is 0 Å². The van der Waals surface area contributed by atoms with Crippen molar-refractivity contribution in [3.05, 3.63) is 71.5 Å². The minimum atomic E-state index is 0.397. The molecule has 1 unspecified atom stereocenters. The summed E-state index contributed by atoms with van der Waals surface area (Å²) in [5.74, 6) is 0.397. The standard InChI is InChI=1S/C18H17NO/c1-19-10-13-6-2-3-7-14(13)16(11-19)17-12-20-18-9-5-4-8-15(17)18/h2-9,12,16H,10-11H2,1H3. The lowest BCUT2D eigenvalue weighted by Gasteiger charge is -2.32. The van der Waals surface area contributed by atoms with Crippen LogP contribution in [0.25, 0.3) is 11.0 Å². The van der Waals surface area contributed by atoms with Gasteiger partial charge in [-0.2, -0.15) is 0 Å². The number of rotatable bonds is 1. The first-order chi connectivity index (χ1) is 9.83. The van der Waals surface area contributed by atoms with Crippen LogP contribution < -0.4 is 0 Å². The van der Waals surface area contributed by atoms with E-state index < -0.39 is 0 Å². The fourth-order valence-electron chi connectivity index (χ4n) is 3.32. The highest BCUT2D eigenvalue weighted by molar-refractivity contribution is 5.82. The summed E-state index contributed by atoms with van der Waals surface area (Å²) >= 11 is 0. The molecule has 0 saturated heterocycles. The van der Waals surface area contributed by atoms with Crippen molar-refractivity contribution >= 4 is 11.0 Å². The van der Waals surface area contributed by atoms with E-state index in [1.807, 2.05) is 18.4 Å². The molecule has 100 valence electrons. The summed E-state index contributed by atoms with van der Waals surface area (Å²) in [6, 6.07) is 17.1. The number of hydrogen-bond donors (Lipinski definition) is 0. The lowest BCUT2D eigenvalue weighted by Crippen LogP contribution is -2.30. The van der Waals surface area contributed by atoms with Gasteiger partial charge in [-0.05, 0) is 24.2 Å². The highest BCUT2D eigenvalue weighted by Crippen LogP contribution is 2.37. The monoisotopic (exact) mass is 263 g/mol. The Morgan fingerprint density at radius 2 is 1.80 bits per heavy atom. The Bertz CT molecular complexity index is 759. The molecule has 0 fully saturated rings. The second-order valence-corrected chi connectivity index (χ2v) is 5.64. The van der Waals surface area contributed by atoms with Gasteiger partial charge < -0.3 is 9.32 Å². The van der Waals surface area contributed by atoms with Gasteiger partial charge in [0.15, 0.2) is 0 Å². The van der Waals surface area contributed by atoms with Crippen LogP contribution in [0.15, 0.2) is 59.2 Å². The van der Waals surface area contributed by atoms with Gasteiger partial charge in [0.25, 0.3) is 0 Å². The second-order valence-electron chi connectivity index (χ2n) is 5.64. The molecule has 0 N–H and O–H groups in total. The minimum Gasteiger partial charge on any atom is -0.464 e. The maximum atomic E-state index is 5.73. The highest BCUT2D eigenvalue weighted by Gasteiger charge is 2.26. The smallest absolute Gasteiger partial charge is 0.134 e. The van der Waals surface area contributed by atoms with Crippen LogP contribution in [-0.2, 0) is 6.54 Å². The van der Waals surface area contributed by atoms with E-state index in [4.69, 9.17) is 4.42 Å². The summed E-state index contributed by atoms with van der Waals surface area (Å²) in [5.41, 5.74) is 5.15. The van der Waals surface area contributed by atoms with Crippen molar-refractivity contribution in [1.29, 1.82) is 0 Å². The largest absolute Gasteiger partial charge is 0.464 e. The minimum absolute atomic E-state index is 0.397. The van der Waals surface area contributed by atoms with Crippen LogP contribution in [0, 0.1) is 0 Å². The average Bonchev–Trinajstić information content (AvgIpc) is 2.90. The number of fused-ring (bicyclic) bond motifs is 2.